The summed E-state index contributed by atoms with van der Waals surface area (Å²) in [6.07, 6.45) is 9.83. The minimum Gasteiger partial charge on any atom is -0.310 e. The molecule has 0 aromatic rings. The Morgan fingerprint density at radius 3 is 2.50 bits per heavy atom. The normalized spacial score (nSPS) is 39.2. The molecule has 2 fully saturated rings. The van der Waals surface area contributed by atoms with Crippen molar-refractivity contribution in [2.75, 3.05) is 0 Å². The van der Waals surface area contributed by atoms with E-state index in [-0.39, 0.29) is 0 Å². The van der Waals surface area contributed by atoms with Crippen molar-refractivity contribution in [3.05, 3.63) is 0 Å². The summed E-state index contributed by atoms with van der Waals surface area (Å²) in [7, 11) is 0. The van der Waals surface area contributed by atoms with Crippen LogP contribution >= 0.6 is 0 Å². The van der Waals surface area contributed by atoms with Crippen LogP contribution < -0.4 is 5.32 Å². The van der Waals surface area contributed by atoms with Gasteiger partial charge in [0.25, 0.3) is 0 Å². The number of nitrogens with one attached hydrogen (secondary N) is 1. The van der Waals surface area contributed by atoms with E-state index < -0.39 is 0 Å². The Labute approximate surface area is 114 Å². The molecule has 18 heavy (non-hydrogen) atoms. The van der Waals surface area contributed by atoms with Gasteiger partial charge in [0.15, 0.2) is 0 Å². The van der Waals surface area contributed by atoms with E-state index in [4.69, 9.17) is 0 Å². The van der Waals surface area contributed by atoms with Gasteiger partial charge in [0.1, 0.15) is 0 Å². The zero-order chi connectivity index (χ0) is 13.4. The second-order valence-electron chi connectivity index (χ2n) is 7.91. The first-order chi connectivity index (χ1) is 8.40. The van der Waals surface area contributed by atoms with E-state index in [1.807, 2.05) is 0 Å². The fraction of sp³-hybridized carbons (Fsp3) is 1.00. The highest BCUT2D eigenvalue weighted by atomic mass is 15.0. The summed E-state index contributed by atoms with van der Waals surface area (Å²) in [5, 5.41) is 4.00. The van der Waals surface area contributed by atoms with Gasteiger partial charge < -0.3 is 5.32 Å². The molecular weight excluding hydrogens is 218 g/mol. The van der Waals surface area contributed by atoms with E-state index in [9.17, 15) is 0 Å². The maximum atomic E-state index is 4.00. The molecule has 2 unspecified atom stereocenters. The third kappa shape index (κ3) is 2.48. The van der Waals surface area contributed by atoms with Gasteiger partial charge in [-0.2, -0.15) is 0 Å². The predicted molar refractivity (Wildman–Crippen MR) is 79.8 cm³/mol. The van der Waals surface area contributed by atoms with Crippen LogP contribution in [0.3, 0.4) is 0 Å². The first-order valence-corrected chi connectivity index (χ1v) is 8.16. The van der Waals surface area contributed by atoms with E-state index in [0.717, 1.165) is 12.0 Å². The van der Waals surface area contributed by atoms with Gasteiger partial charge in [-0.05, 0) is 49.4 Å². The summed E-state index contributed by atoms with van der Waals surface area (Å²) < 4.78 is 0. The van der Waals surface area contributed by atoms with Crippen molar-refractivity contribution in [2.24, 2.45) is 16.7 Å². The van der Waals surface area contributed by atoms with Crippen LogP contribution in [0.4, 0.5) is 0 Å². The lowest BCUT2D eigenvalue weighted by atomic mass is 9.68. The lowest BCUT2D eigenvalue weighted by Crippen LogP contribution is -2.53. The minimum absolute atomic E-state index is 0.506. The van der Waals surface area contributed by atoms with Crippen LogP contribution in [0.1, 0.15) is 79.6 Å². The third-order valence-corrected chi connectivity index (χ3v) is 5.96. The van der Waals surface area contributed by atoms with Crippen molar-refractivity contribution >= 4 is 0 Å². The molecule has 2 aliphatic rings. The molecule has 1 N–H and O–H groups in total. The van der Waals surface area contributed by atoms with Crippen molar-refractivity contribution < 1.29 is 0 Å². The van der Waals surface area contributed by atoms with E-state index in [0.29, 0.717) is 16.9 Å². The fourth-order valence-corrected chi connectivity index (χ4v) is 4.79. The van der Waals surface area contributed by atoms with E-state index >= 15 is 0 Å². The van der Waals surface area contributed by atoms with Gasteiger partial charge in [-0.1, -0.05) is 47.0 Å². The molecule has 1 nitrogen and oxygen atoms in total. The number of unbranched alkanes of at least 4 members (excludes halogenated alkanes) is 2. The molecule has 2 aliphatic carbocycles. The van der Waals surface area contributed by atoms with Gasteiger partial charge in [0.05, 0.1) is 0 Å². The van der Waals surface area contributed by atoms with E-state index in [1.54, 1.807) is 0 Å². The fourth-order valence-electron chi connectivity index (χ4n) is 4.79. The highest BCUT2D eigenvalue weighted by Crippen LogP contribution is 2.62. The average Bonchev–Trinajstić information content (AvgIpc) is 2.76. The largest absolute Gasteiger partial charge is 0.310 e. The van der Waals surface area contributed by atoms with Gasteiger partial charge in [-0.15, -0.1) is 0 Å². The summed E-state index contributed by atoms with van der Waals surface area (Å²) in [6, 6.07) is 1.43. The zero-order valence-electron chi connectivity index (χ0n) is 13.2. The molecule has 0 aromatic carbocycles. The van der Waals surface area contributed by atoms with Gasteiger partial charge in [-0.3, -0.25) is 0 Å². The van der Waals surface area contributed by atoms with E-state index in [2.05, 4.69) is 39.9 Å². The molecule has 0 aliphatic heterocycles. The van der Waals surface area contributed by atoms with Crippen LogP contribution in [-0.2, 0) is 0 Å². The van der Waals surface area contributed by atoms with Crippen LogP contribution in [-0.4, -0.2) is 12.1 Å². The average molecular weight is 251 g/mol. The van der Waals surface area contributed by atoms with Crippen LogP contribution in [0.15, 0.2) is 0 Å². The maximum Gasteiger partial charge on any atom is 0.0177 e. The summed E-state index contributed by atoms with van der Waals surface area (Å²) in [6.45, 7) is 12.2. The van der Waals surface area contributed by atoms with Gasteiger partial charge in [0.2, 0.25) is 0 Å². The molecule has 0 amide bonds. The van der Waals surface area contributed by atoms with Crippen LogP contribution in [0.2, 0.25) is 0 Å². The Hall–Kier alpha value is -0.0400. The smallest absolute Gasteiger partial charge is 0.0177 e. The Balaban J connectivity index is 1.92. The summed E-state index contributed by atoms with van der Waals surface area (Å²) in [5.74, 6) is 0.961. The molecule has 4 atom stereocenters. The van der Waals surface area contributed by atoms with Crippen molar-refractivity contribution in [2.45, 2.75) is 91.6 Å². The Morgan fingerprint density at radius 2 is 1.94 bits per heavy atom. The minimum atomic E-state index is 0.506. The quantitative estimate of drug-likeness (QED) is 0.671. The van der Waals surface area contributed by atoms with Crippen LogP contribution in [0, 0.1) is 16.7 Å². The van der Waals surface area contributed by atoms with Crippen molar-refractivity contribution in [1.82, 2.24) is 5.32 Å². The Kier molecular flexibility index (Phi) is 4.11. The molecule has 1 heteroatoms. The molecule has 0 saturated heterocycles. The lowest BCUT2D eigenvalue weighted by Gasteiger charge is -2.44. The second kappa shape index (κ2) is 5.15. The highest BCUT2D eigenvalue weighted by molar-refractivity contribution is 5.12. The zero-order valence-corrected chi connectivity index (χ0v) is 13.2. The second-order valence-corrected chi connectivity index (χ2v) is 7.91. The summed E-state index contributed by atoms with van der Waals surface area (Å²) in [4.78, 5) is 0. The Bertz CT molecular complexity index is 279. The molecular formula is C17H33N. The molecule has 106 valence electrons. The monoisotopic (exact) mass is 251 g/mol. The standard InChI is InChI=1S/C17H33N/c1-6-7-8-9-13(2)18-15-16(3,4)14-10-11-17(15,5)12-14/h13-15,18H,6-12H2,1-5H3/t13?,14-,15?,17+/m0/s1. The summed E-state index contributed by atoms with van der Waals surface area (Å²) in [5.41, 5.74) is 1.08. The topological polar surface area (TPSA) is 12.0 Å². The number of rotatable bonds is 6. The SMILES string of the molecule is CCCCCC(C)NC1C(C)(C)[C@H]2CC[C@]1(C)C2. The first kappa shape index (κ1) is 14.4. The molecule has 2 rings (SSSR count). The van der Waals surface area contributed by atoms with Crippen LogP contribution in [0.5, 0.6) is 0 Å². The number of fused-ring (bicyclic) bond motifs is 2. The first-order valence-electron chi connectivity index (χ1n) is 8.16. The van der Waals surface area contributed by atoms with Crippen molar-refractivity contribution in [1.29, 1.82) is 0 Å². The van der Waals surface area contributed by atoms with Crippen molar-refractivity contribution in [3.63, 3.8) is 0 Å². The third-order valence-electron chi connectivity index (χ3n) is 5.96. The molecule has 0 radical (unpaired) electrons. The molecule has 2 saturated carbocycles. The molecule has 0 aromatic heterocycles. The van der Waals surface area contributed by atoms with Gasteiger partial charge in [0, 0.05) is 12.1 Å². The lowest BCUT2D eigenvalue weighted by molar-refractivity contribution is 0.0988. The van der Waals surface area contributed by atoms with Gasteiger partial charge >= 0.3 is 0 Å². The van der Waals surface area contributed by atoms with Crippen LogP contribution in [0.25, 0.3) is 0 Å². The number of hydrogen-bond donors (Lipinski definition) is 1. The maximum absolute atomic E-state index is 4.00. The molecule has 2 bridgehead atoms. The Morgan fingerprint density at radius 1 is 1.22 bits per heavy atom. The summed E-state index contributed by atoms with van der Waals surface area (Å²) >= 11 is 0. The van der Waals surface area contributed by atoms with Crippen molar-refractivity contribution in [3.8, 4) is 0 Å². The van der Waals surface area contributed by atoms with Gasteiger partial charge in [-0.25, -0.2) is 0 Å². The van der Waals surface area contributed by atoms with E-state index in [1.165, 1.54) is 44.9 Å². The highest BCUT2D eigenvalue weighted by Gasteiger charge is 2.59. The predicted octanol–water partition coefficient (Wildman–Crippen LogP) is 4.76. The molecule has 0 heterocycles. The molecule has 0 spiro atoms. The number of hydrogen-bond acceptors (Lipinski definition) is 1.